The van der Waals surface area contributed by atoms with Crippen molar-refractivity contribution >= 4 is 27.8 Å². The first-order valence-corrected chi connectivity index (χ1v) is 7.30. The van der Waals surface area contributed by atoms with Crippen molar-refractivity contribution in [3.8, 4) is 0 Å². The second kappa shape index (κ2) is 6.37. The number of aliphatic carboxylic acids is 1. The van der Waals surface area contributed by atoms with Gasteiger partial charge < -0.3 is 16.2 Å². The van der Waals surface area contributed by atoms with Gasteiger partial charge in [-0.25, -0.2) is 0 Å². The molecule has 4 N–H and O–H groups in total. The predicted octanol–water partition coefficient (Wildman–Crippen LogP) is 1.40. The highest BCUT2D eigenvalue weighted by atomic mass is 79.9. The summed E-state index contributed by atoms with van der Waals surface area (Å²) in [6.45, 7) is 1.62. The van der Waals surface area contributed by atoms with Crippen LogP contribution in [0, 0.1) is 11.8 Å². The maximum Gasteiger partial charge on any atom is 0.307 e. The quantitative estimate of drug-likeness (QED) is 0.755. The van der Waals surface area contributed by atoms with Crippen molar-refractivity contribution in [2.24, 2.45) is 17.6 Å². The van der Waals surface area contributed by atoms with Gasteiger partial charge in [-0.15, -0.1) is 0 Å². The van der Waals surface area contributed by atoms with Crippen LogP contribution in [0.3, 0.4) is 0 Å². The van der Waals surface area contributed by atoms with Crippen molar-refractivity contribution < 1.29 is 14.7 Å². The summed E-state index contributed by atoms with van der Waals surface area (Å²) >= 11 is 3.39. The fraction of sp³-hybridized carbons (Fsp3) is 0.429. The zero-order valence-electron chi connectivity index (χ0n) is 10.9. The summed E-state index contributed by atoms with van der Waals surface area (Å²) in [5.74, 6) is -1.53. The highest BCUT2D eigenvalue weighted by Crippen LogP contribution is 2.27. The zero-order valence-corrected chi connectivity index (χ0v) is 12.5. The maximum atomic E-state index is 11.5. The SMILES string of the molecule is NC(=O)c1ccc(C[C@H](C(=O)O)[C@H]2CCNC2)c(Br)c1. The monoisotopic (exact) mass is 340 g/mol. The number of rotatable bonds is 5. The molecule has 108 valence electrons. The number of primary amides is 1. The molecule has 1 aromatic carbocycles. The van der Waals surface area contributed by atoms with E-state index in [-0.39, 0.29) is 5.92 Å². The molecular formula is C14H17BrN2O3. The lowest BCUT2D eigenvalue weighted by Gasteiger charge is -2.19. The molecule has 0 aliphatic carbocycles. The molecule has 1 aromatic rings. The van der Waals surface area contributed by atoms with Crippen LogP contribution in [0.1, 0.15) is 22.3 Å². The van der Waals surface area contributed by atoms with Gasteiger partial charge in [-0.3, -0.25) is 9.59 Å². The van der Waals surface area contributed by atoms with Crippen LogP contribution in [0.5, 0.6) is 0 Å². The van der Waals surface area contributed by atoms with Crippen LogP contribution in [0.4, 0.5) is 0 Å². The molecule has 1 amide bonds. The second-order valence-corrected chi connectivity index (χ2v) is 5.93. The molecule has 0 spiro atoms. The summed E-state index contributed by atoms with van der Waals surface area (Å²) in [5.41, 5.74) is 6.52. The van der Waals surface area contributed by atoms with Crippen LogP contribution in [0.2, 0.25) is 0 Å². The third-order valence-electron chi connectivity index (χ3n) is 3.76. The summed E-state index contributed by atoms with van der Waals surface area (Å²) in [6, 6.07) is 5.04. The molecule has 6 heteroatoms. The summed E-state index contributed by atoms with van der Waals surface area (Å²) in [6.07, 6.45) is 1.33. The predicted molar refractivity (Wildman–Crippen MR) is 78.5 cm³/mol. The molecule has 20 heavy (non-hydrogen) atoms. The van der Waals surface area contributed by atoms with Gasteiger partial charge in [0, 0.05) is 10.0 Å². The molecule has 2 atom stereocenters. The first-order valence-electron chi connectivity index (χ1n) is 6.50. The van der Waals surface area contributed by atoms with Crippen molar-refractivity contribution in [1.82, 2.24) is 5.32 Å². The molecule has 1 aliphatic rings. The molecule has 0 radical (unpaired) electrons. The Bertz CT molecular complexity index is 527. The Kier molecular flexibility index (Phi) is 4.77. The van der Waals surface area contributed by atoms with Crippen molar-refractivity contribution in [3.05, 3.63) is 33.8 Å². The largest absolute Gasteiger partial charge is 0.481 e. The van der Waals surface area contributed by atoms with E-state index in [9.17, 15) is 14.7 Å². The summed E-state index contributed by atoms with van der Waals surface area (Å²) < 4.78 is 0.728. The first kappa shape index (κ1) is 15.0. The smallest absolute Gasteiger partial charge is 0.307 e. The zero-order chi connectivity index (χ0) is 14.7. The van der Waals surface area contributed by atoms with E-state index in [1.165, 1.54) is 0 Å². The van der Waals surface area contributed by atoms with Gasteiger partial charge >= 0.3 is 5.97 Å². The van der Waals surface area contributed by atoms with Crippen LogP contribution >= 0.6 is 15.9 Å². The van der Waals surface area contributed by atoms with Gasteiger partial charge in [0.05, 0.1) is 5.92 Å². The van der Waals surface area contributed by atoms with Crippen molar-refractivity contribution in [3.63, 3.8) is 0 Å². The molecule has 1 aliphatic heterocycles. The molecule has 0 saturated carbocycles. The standard InChI is InChI=1S/C14H17BrN2O3/c15-12-6-9(13(16)18)2-1-8(12)5-11(14(19)20)10-3-4-17-7-10/h1-2,6,10-11,17H,3-5,7H2,(H2,16,18)(H,19,20)/t10-,11-/m0/s1. The van der Waals surface area contributed by atoms with E-state index in [2.05, 4.69) is 21.2 Å². The van der Waals surface area contributed by atoms with Crippen molar-refractivity contribution in [1.29, 1.82) is 0 Å². The van der Waals surface area contributed by atoms with Gasteiger partial charge in [-0.1, -0.05) is 22.0 Å². The number of nitrogens with one attached hydrogen (secondary N) is 1. The molecular weight excluding hydrogens is 324 g/mol. The maximum absolute atomic E-state index is 11.5. The number of hydrogen-bond acceptors (Lipinski definition) is 3. The summed E-state index contributed by atoms with van der Waals surface area (Å²) in [5, 5.41) is 12.6. The van der Waals surface area contributed by atoms with Crippen LogP contribution < -0.4 is 11.1 Å². The topological polar surface area (TPSA) is 92.4 Å². The van der Waals surface area contributed by atoms with Gasteiger partial charge in [-0.05, 0) is 49.5 Å². The van der Waals surface area contributed by atoms with Crippen molar-refractivity contribution in [2.45, 2.75) is 12.8 Å². The molecule has 1 fully saturated rings. The van der Waals surface area contributed by atoms with Crippen LogP contribution in [0.25, 0.3) is 0 Å². The Hall–Kier alpha value is -1.40. The third-order valence-corrected chi connectivity index (χ3v) is 4.50. The Morgan fingerprint density at radius 3 is 2.75 bits per heavy atom. The minimum absolute atomic E-state index is 0.148. The van der Waals surface area contributed by atoms with E-state index >= 15 is 0 Å². The molecule has 0 unspecified atom stereocenters. The van der Waals surface area contributed by atoms with Crippen LogP contribution in [0.15, 0.2) is 22.7 Å². The highest BCUT2D eigenvalue weighted by Gasteiger charge is 2.31. The number of halogens is 1. The van der Waals surface area contributed by atoms with E-state index in [0.717, 1.165) is 29.5 Å². The lowest BCUT2D eigenvalue weighted by molar-refractivity contribution is -0.143. The molecule has 2 rings (SSSR count). The van der Waals surface area contributed by atoms with Crippen LogP contribution in [-0.4, -0.2) is 30.1 Å². The van der Waals surface area contributed by atoms with Crippen molar-refractivity contribution in [2.75, 3.05) is 13.1 Å². The molecule has 1 saturated heterocycles. The second-order valence-electron chi connectivity index (χ2n) is 5.07. The minimum atomic E-state index is -0.774. The molecule has 1 heterocycles. The number of carbonyl (C=O) groups is 2. The Labute approximate surface area is 125 Å². The Morgan fingerprint density at radius 2 is 2.25 bits per heavy atom. The van der Waals surface area contributed by atoms with Crippen LogP contribution in [-0.2, 0) is 11.2 Å². The first-order chi connectivity index (χ1) is 9.49. The highest BCUT2D eigenvalue weighted by molar-refractivity contribution is 9.10. The fourth-order valence-electron chi connectivity index (χ4n) is 2.58. The van der Waals surface area contributed by atoms with Gasteiger partial charge in [-0.2, -0.15) is 0 Å². The lowest BCUT2D eigenvalue weighted by atomic mass is 9.86. The fourth-order valence-corrected chi connectivity index (χ4v) is 3.12. The number of nitrogens with two attached hydrogens (primary N) is 1. The van der Waals surface area contributed by atoms with E-state index in [0.29, 0.717) is 12.0 Å². The normalized spacial score (nSPS) is 19.8. The van der Waals surface area contributed by atoms with E-state index in [4.69, 9.17) is 5.73 Å². The van der Waals surface area contributed by atoms with E-state index < -0.39 is 17.8 Å². The van der Waals surface area contributed by atoms with Gasteiger partial charge in [0.15, 0.2) is 0 Å². The number of carboxylic acid groups (broad SMARTS) is 1. The molecule has 5 nitrogen and oxygen atoms in total. The van der Waals surface area contributed by atoms with E-state index in [1.54, 1.807) is 18.2 Å². The number of hydrogen-bond donors (Lipinski definition) is 3. The number of carboxylic acids is 1. The Balaban J connectivity index is 2.18. The van der Waals surface area contributed by atoms with Gasteiger partial charge in [0.25, 0.3) is 0 Å². The minimum Gasteiger partial charge on any atom is -0.481 e. The molecule has 0 aromatic heterocycles. The lowest BCUT2D eigenvalue weighted by Crippen LogP contribution is -2.27. The van der Waals surface area contributed by atoms with Gasteiger partial charge in [0.1, 0.15) is 0 Å². The summed E-state index contributed by atoms with van der Waals surface area (Å²) in [7, 11) is 0. The summed E-state index contributed by atoms with van der Waals surface area (Å²) in [4.78, 5) is 22.6. The number of amides is 1. The average Bonchev–Trinajstić information content (AvgIpc) is 2.90. The van der Waals surface area contributed by atoms with Gasteiger partial charge in [0.2, 0.25) is 5.91 Å². The number of benzene rings is 1. The van der Waals surface area contributed by atoms with E-state index in [1.807, 2.05) is 0 Å². The Morgan fingerprint density at radius 1 is 1.50 bits per heavy atom. The number of carbonyl (C=O) groups excluding carboxylic acids is 1. The molecule has 0 bridgehead atoms. The third kappa shape index (κ3) is 3.37. The average molecular weight is 341 g/mol.